The molecule has 0 fully saturated rings. The van der Waals surface area contributed by atoms with Crippen LogP contribution in [0.15, 0.2) is 29.0 Å². The first-order chi connectivity index (χ1) is 12.0. The second-order valence-corrected chi connectivity index (χ2v) is 6.16. The first-order valence-corrected chi connectivity index (χ1v) is 7.69. The van der Waals surface area contributed by atoms with Crippen molar-refractivity contribution in [1.29, 1.82) is 0 Å². The summed E-state index contributed by atoms with van der Waals surface area (Å²) >= 11 is 11.8. The van der Waals surface area contributed by atoms with E-state index in [2.05, 4.69) is 9.84 Å². The molecule has 0 N–H and O–H groups in total. The van der Waals surface area contributed by atoms with Gasteiger partial charge < -0.3 is 9.64 Å². The Morgan fingerprint density at radius 2 is 1.81 bits per heavy atom. The number of hydrogen-bond acceptors (Lipinski definition) is 5. The predicted octanol–water partition coefficient (Wildman–Crippen LogP) is 3.33. The van der Waals surface area contributed by atoms with E-state index < -0.39 is 33.7 Å². The first kappa shape index (κ1) is 20.1. The molecule has 1 amide bonds. The molecule has 1 aromatic carbocycles. The van der Waals surface area contributed by atoms with Crippen molar-refractivity contribution in [3.63, 3.8) is 0 Å². The summed E-state index contributed by atoms with van der Waals surface area (Å²) in [4.78, 5) is 26.0. The molecule has 0 radical (unpaired) electrons. The lowest BCUT2D eigenvalue weighted by Crippen LogP contribution is -2.25. The molecule has 26 heavy (non-hydrogen) atoms. The van der Waals surface area contributed by atoms with Gasteiger partial charge in [0.2, 0.25) is 0 Å². The van der Waals surface area contributed by atoms with Crippen molar-refractivity contribution in [2.45, 2.75) is 6.18 Å². The number of ether oxygens (including phenoxy) is 1. The first-order valence-electron chi connectivity index (χ1n) is 6.93. The van der Waals surface area contributed by atoms with Gasteiger partial charge in [-0.25, -0.2) is 4.79 Å². The van der Waals surface area contributed by atoms with Gasteiger partial charge in [-0.1, -0.05) is 23.2 Å². The number of hydrogen-bond donors (Lipinski definition) is 0. The molecule has 1 aliphatic rings. The maximum atomic E-state index is 12.9. The molecule has 0 aliphatic carbocycles. The van der Waals surface area contributed by atoms with Crippen LogP contribution in [-0.2, 0) is 20.5 Å². The quantitative estimate of drug-likeness (QED) is 0.567. The van der Waals surface area contributed by atoms with Gasteiger partial charge in [0.25, 0.3) is 5.91 Å². The van der Waals surface area contributed by atoms with Crippen LogP contribution in [0.5, 0.6) is 0 Å². The highest BCUT2D eigenvalue weighted by Gasteiger charge is 2.39. The van der Waals surface area contributed by atoms with E-state index in [1.807, 2.05) is 0 Å². The second kappa shape index (κ2) is 7.16. The van der Waals surface area contributed by atoms with E-state index in [1.165, 1.54) is 11.1 Å². The number of anilines is 1. The van der Waals surface area contributed by atoms with Gasteiger partial charge in [-0.3, -0.25) is 4.79 Å². The fourth-order valence-corrected chi connectivity index (χ4v) is 2.77. The number of esters is 1. The number of halogens is 5. The normalized spacial score (nSPS) is 16.2. The third kappa shape index (κ3) is 3.78. The predicted molar refractivity (Wildman–Crippen MR) is 90.2 cm³/mol. The summed E-state index contributed by atoms with van der Waals surface area (Å²) in [6.07, 6.45) is -3.35. The van der Waals surface area contributed by atoms with Crippen LogP contribution in [0.25, 0.3) is 0 Å². The topological polar surface area (TPSA) is 62.2 Å². The number of carbonyl (C=O) groups excluding carboxylic acids is 2. The number of rotatable bonds is 3. The highest BCUT2D eigenvalue weighted by molar-refractivity contribution is 6.54. The number of benzene rings is 1. The molecule has 0 saturated carbocycles. The Bertz CT molecular complexity index is 812. The molecule has 0 aromatic heterocycles. The monoisotopic (exact) mass is 409 g/mol. The van der Waals surface area contributed by atoms with Crippen molar-refractivity contribution in [1.82, 2.24) is 4.90 Å². The van der Waals surface area contributed by atoms with Crippen molar-refractivity contribution in [3.8, 4) is 0 Å². The fraction of sp³-hybridized carbons (Fsp3) is 0.267. The van der Waals surface area contributed by atoms with Gasteiger partial charge in [-0.2, -0.15) is 23.3 Å². The third-order valence-corrected chi connectivity index (χ3v) is 3.78. The summed E-state index contributed by atoms with van der Waals surface area (Å²) in [6.45, 7) is 0. The third-order valence-electron chi connectivity index (χ3n) is 3.20. The number of hydrazone groups is 1. The maximum absolute atomic E-state index is 12.9. The molecule has 1 aromatic rings. The van der Waals surface area contributed by atoms with E-state index in [-0.39, 0.29) is 17.0 Å². The Morgan fingerprint density at radius 1 is 1.27 bits per heavy atom. The van der Waals surface area contributed by atoms with Crippen LogP contribution in [0.3, 0.4) is 0 Å². The average molecular weight is 410 g/mol. The van der Waals surface area contributed by atoms with Crippen LogP contribution in [0.2, 0.25) is 10.0 Å². The van der Waals surface area contributed by atoms with Gasteiger partial charge in [-0.15, -0.1) is 0 Å². The Kier molecular flexibility index (Phi) is 5.52. The minimum atomic E-state index is -4.67. The molecule has 1 aliphatic heterocycles. The van der Waals surface area contributed by atoms with Crippen LogP contribution >= 0.6 is 23.2 Å². The van der Waals surface area contributed by atoms with Crippen molar-refractivity contribution < 1.29 is 27.5 Å². The zero-order chi connectivity index (χ0) is 19.8. The molecule has 0 atom stereocenters. The van der Waals surface area contributed by atoms with E-state index in [0.29, 0.717) is 17.1 Å². The maximum Gasteiger partial charge on any atom is 0.416 e. The minimum Gasteiger partial charge on any atom is -0.464 e. The summed E-state index contributed by atoms with van der Waals surface area (Å²) in [7, 11) is 4.31. The molecule has 1 heterocycles. The zero-order valence-corrected chi connectivity index (χ0v) is 15.2. The van der Waals surface area contributed by atoms with Crippen molar-refractivity contribution in [2.24, 2.45) is 5.10 Å². The van der Waals surface area contributed by atoms with Crippen LogP contribution in [0.4, 0.5) is 18.9 Å². The van der Waals surface area contributed by atoms with Gasteiger partial charge in [0, 0.05) is 20.3 Å². The Balaban J connectivity index is 2.60. The summed E-state index contributed by atoms with van der Waals surface area (Å²) in [5.41, 5.74) is -1.79. The lowest BCUT2D eigenvalue weighted by molar-refractivity contribution is -0.137. The molecule has 0 unspecified atom stereocenters. The number of alkyl halides is 3. The van der Waals surface area contributed by atoms with Crippen LogP contribution < -0.4 is 5.01 Å². The molecule has 0 bridgehead atoms. The standard InChI is InChI=1S/C15H12Cl2F3N3O3/c1-22(2)6-8-11(14(25)26-3)21-23(13(8)24)12-9(16)4-7(5-10(12)17)15(18,19)20/h4-6H,1-3H3/b8-6+. The highest BCUT2D eigenvalue weighted by Crippen LogP contribution is 2.41. The number of methoxy groups -OCH3 is 1. The number of carbonyl (C=O) groups is 2. The smallest absolute Gasteiger partial charge is 0.416 e. The van der Waals surface area contributed by atoms with Crippen molar-refractivity contribution in [3.05, 3.63) is 39.5 Å². The Morgan fingerprint density at radius 3 is 2.23 bits per heavy atom. The molecule has 0 saturated heterocycles. The Hall–Kier alpha value is -2.26. The molecule has 6 nitrogen and oxygen atoms in total. The van der Waals surface area contributed by atoms with Gasteiger partial charge in [-0.05, 0) is 12.1 Å². The van der Waals surface area contributed by atoms with Gasteiger partial charge >= 0.3 is 12.1 Å². The molecular formula is C15H12Cl2F3N3O3. The summed E-state index contributed by atoms with van der Waals surface area (Å²) < 4.78 is 43.1. The van der Waals surface area contributed by atoms with Crippen LogP contribution in [-0.4, -0.2) is 43.7 Å². The molecule has 11 heteroatoms. The Labute approximate surface area is 156 Å². The van der Waals surface area contributed by atoms with E-state index in [1.54, 1.807) is 14.1 Å². The van der Waals surface area contributed by atoms with Crippen LogP contribution in [0.1, 0.15) is 5.56 Å². The summed E-state index contributed by atoms with van der Waals surface area (Å²) in [5.74, 6) is -1.68. The zero-order valence-electron chi connectivity index (χ0n) is 13.7. The molecule has 0 spiro atoms. The lowest BCUT2D eigenvalue weighted by Gasteiger charge is -2.17. The molecular weight excluding hydrogens is 398 g/mol. The summed E-state index contributed by atoms with van der Waals surface area (Å²) in [5, 5.41) is 3.62. The minimum absolute atomic E-state index is 0.117. The van der Waals surface area contributed by atoms with E-state index >= 15 is 0 Å². The van der Waals surface area contributed by atoms with Gasteiger partial charge in [0.15, 0.2) is 5.71 Å². The van der Waals surface area contributed by atoms with Gasteiger partial charge in [0.05, 0.1) is 28.3 Å². The van der Waals surface area contributed by atoms with Gasteiger partial charge in [0.1, 0.15) is 5.69 Å². The second-order valence-electron chi connectivity index (χ2n) is 5.35. The fourth-order valence-electron chi connectivity index (χ4n) is 2.12. The van der Waals surface area contributed by atoms with Crippen LogP contribution in [0, 0.1) is 0 Å². The van der Waals surface area contributed by atoms with Crippen molar-refractivity contribution >= 4 is 46.5 Å². The van der Waals surface area contributed by atoms with E-state index in [4.69, 9.17) is 23.2 Å². The molecule has 140 valence electrons. The highest BCUT2D eigenvalue weighted by atomic mass is 35.5. The number of amides is 1. The van der Waals surface area contributed by atoms with E-state index in [0.717, 1.165) is 7.11 Å². The molecule has 2 rings (SSSR count). The van der Waals surface area contributed by atoms with Crippen molar-refractivity contribution in [2.75, 3.05) is 26.2 Å². The largest absolute Gasteiger partial charge is 0.464 e. The summed E-state index contributed by atoms with van der Waals surface area (Å²) in [6, 6.07) is 1.24. The van der Waals surface area contributed by atoms with E-state index in [9.17, 15) is 22.8 Å². The number of nitrogens with zero attached hydrogens (tertiary/aromatic N) is 3. The SMILES string of the molecule is COC(=O)C1=NN(c2c(Cl)cc(C(F)(F)F)cc2Cl)C(=O)/C1=C/N(C)C. The lowest BCUT2D eigenvalue weighted by atomic mass is 10.1. The average Bonchev–Trinajstić information content (AvgIpc) is 2.82.